The van der Waals surface area contributed by atoms with Gasteiger partial charge in [-0.15, -0.1) is 11.8 Å². The number of benzene rings is 1. The van der Waals surface area contributed by atoms with Crippen molar-refractivity contribution in [2.24, 2.45) is 5.92 Å². The minimum Gasteiger partial charge on any atom is -0.356 e. The van der Waals surface area contributed by atoms with Crippen molar-refractivity contribution in [1.29, 1.82) is 0 Å². The molecule has 0 spiro atoms. The minimum absolute atomic E-state index is 0.0282. The van der Waals surface area contributed by atoms with E-state index in [-0.39, 0.29) is 23.5 Å². The van der Waals surface area contributed by atoms with Gasteiger partial charge in [-0.2, -0.15) is 0 Å². The molecule has 1 heterocycles. The topological polar surface area (TPSA) is 49.4 Å². The van der Waals surface area contributed by atoms with E-state index in [1.165, 1.54) is 17.8 Å². The molecule has 7 heteroatoms. The van der Waals surface area contributed by atoms with Crippen molar-refractivity contribution in [3.63, 3.8) is 0 Å². The molecule has 1 aromatic carbocycles. The fraction of sp³-hybridized carbons (Fsp3) is 0.579. The van der Waals surface area contributed by atoms with E-state index in [0.717, 1.165) is 37.9 Å². The third kappa shape index (κ3) is 6.27. The van der Waals surface area contributed by atoms with E-state index < -0.39 is 11.6 Å². The maximum atomic E-state index is 13.2. The van der Waals surface area contributed by atoms with Crippen LogP contribution in [0.2, 0.25) is 0 Å². The number of carbonyl (C=O) groups is 2. The fourth-order valence-electron chi connectivity index (χ4n) is 2.93. The Morgan fingerprint density at radius 3 is 2.58 bits per heavy atom. The van der Waals surface area contributed by atoms with Crippen LogP contribution in [-0.2, 0) is 9.59 Å². The van der Waals surface area contributed by atoms with Gasteiger partial charge in [0.05, 0.1) is 5.75 Å². The summed E-state index contributed by atoms with van der Waals surface area (Å²) in [5.41, 5.74) is 0. The molecular weight excluding hydrogens is 358 g/mol. The van der Waals surface area contributed by atoms with Crippen LogP contribution in [0.3, 0.4) is 0 Å². The van der Waals surface area contributed by atoms with Crippen molar-refractivity contribution < 1.29 is 18.4 Å². The number of nitrogens with zero attached hydrogens (tertiary/aromatic N) is 1. The molecule has 0 bridgehead atoms. The molecule has 1 aliphatic rings. The van der Waals surface area contributed by atoms with Crippen molar-refractivity contribution in [1.82, 2.24) is 10.2 Å². The monoisotopic (exact) mass is 384 g/mol. The summed E-state index contributed by atoms with van der Waals surface area (Å²) in [5, 5.41) is 2.98. The van der Waals surface area contributed by atoms with E-state index in [0.29, 0.717) is 30.8 Å². The highest BCUT2D eigenvalue weighted by molar-refractivity contribution is 8.00. The number of amides is 2. The number of hydrogen-bond donors (Lipinski definition) is 1. The maximum Gasteiger partial charge on any atom is 0.232 e. The quantitative estimate of drug-likeness (QED) is 0.550. The Morgan fingerprint density at radius 1 is 1.19 bits per heavy atom. The summed E-state index contributed by atoms with van der Waals surface area (Å²) < 4.78 is 26.1. The zero-order valence-corrected chi connectivity index (χ0v) is 15.9. The van der Waals surface area contributed by atoms with Gasteiger partial charge in [-0.05, 0) is 37.5 Å². The standard InChI is InChI=1S/C19H26F2N2O2S/c1-2-3-4-9-22-19(25)14-7-10-23(11-8-14)18(24)13-26-15-5-6-16(20)17(21)12-15/h5-6,12,14H,2-4,7-11,13H2,1H3,(H,22,25). The number of nitrogens with one attached hydrogen (secondary N) is 1. The predicted molar refractivity (Wildman–Crippen MR) is 98.9 cm³/mol. The van der Waals surface area contributed by atoms with Crippen LogP contribution < -0.4 is 5.32 Å². The van der Waals surface area contributed by atoms with Crippen LogP contribution >= 0.6 is 11.8 Å². The van der Waals surface area contributed by atoms with E-state index >= 15 is 0 Å². The summed E-state index contributed by atoms with van der Waals surface area (Å²) in [6.07, 6.45) is 4.57. The zero-order valence-electron chi connectivity index (χ0n) is 15.1. The van der Waals surface area contributed by atoms with E-state index in [9.17, 15) is 18.4 Å². The average molecular weight is 384 g/mol. The molecule has 0 atom stereocenters. The highest BCUT2D eigenvalue weighted by Gasteiger charge is 2.27. The second kappa shape index (κ2) is 10.5. The predicted octanol–water partition coefficient (Wildman–Crippen LogP) is 3.60. The van der Waals surface area contributed by atoms with Crippen molar-refractivity contribution in [3.8, 4) is 0 Å². The van der Waals surface area contributed by atoms with Gasteiger partial charge in [0.1, 0.15) is 0 Å². The Bertz CT molecular complexity index is 620. The molecule has 26 heavy (non-hydrogen) atoms. The average Bonchev–Trinajstić information content (AvgIpc) is 2.66. The van der Waals surface area contributed by atoms with Crippen molar-refractivity contribution in [3.05, 3.63) is 29.8 Å². The normalized spacial score (nSPS) is 15.1. The van der Waals surface area contributed by atoms with Crippen LogP contribution in [0.15, 0.2) is 23.1 Å². The molecule has 1 saturated heterocycles. The second-order valence-electron chi connectivity index (χ2n) is 6.52. The third-order valence-electron chi connectivity index (χ3n) is 4.55. The lowest BCUT2D eigenvalue weighted by atomic mass is 9.96. The van der Waals surface area contributed by atoms with Crippen molar-refractivity contribution >= 4 is 23.6 Å². The number of carbonyl (C=O) groups excluding carboxylic acids is 2. The first-order valence-corrected chi connectivity index (χ1v) is 10.1. The minimum atomic E-state index is -0.909. The van der Waals surface area contributed by atoms with Gasteiger partial charge in [-0.3, -0.25) is 9.59 Å². The van der Waals surface area contributed by atoms with E-state index in [2.05, 4.69) is 12.2 Å². The zero-order chi connectivity index (χ0) is 18.9. The summed E-state index contributed by atoms with van der Waals surface area (Å²) in [6.45, 7) is 3.96. The summed E-state index contributed by atoms with van der Waals surface area (Å²) in [5.74, 6) is -1.60. The Balaban J connectivity index is 1.70. The van der Waals surface area contributed by atoms with Gasteiger partial charge in [-0.25, -0.2) is 8.78 Å². The smallest absolute Gasteiger partial charge is 0.232 e. The first kappa shape index (κ1) is 20.7. The number of rotatable bonds is 8. The summed E-state index contributed by atoms with van der Waals surface area (Å²) in [4.78, 5) is 26.7. The SMILES string of the molecule is CCCCCNC(=O)C1CCN(C(=O)CSc2ccc(F)c(F)c2)CC1. The third-order valence-corrected chi connectivity index (χ3v) is 5.53. The van der Waals surface area contributed by atoms with Crippen LogP contribution in [0.5, 0.6) is 0 Å². The van der Waals surface area contributed by atoms with Crippen LogP contribution in [0, 0.1) is 17.6 Å². The Morgan fingerprint density at radius 2 is 1.92 bits per heavy atom. The lowest BCUT2D eigenvalue weighted by Crippen LogP contribution is -2.43. The van der Waals surface area contributed by atoms with Crippen molar-refractivity contribution in [2.45, 2.75) is 43.9 Å². The first-order chi connectivity index (χ1) is 12.5. The Labute approximate surface area is 157 Å². The van der Waals surface area contributed by atoms with Gasteiger partial charge >= 0.3 is 0 Å². The van der Waals surface area contributed by atoms with Crippen LogP contribution in [0.25, 0.3) is 0 Å². The first-order valence-electron chi connectivity index (χ1n) is 9.14. The molecule has 2 rings (SSSR count). The lowest BCUT2D eigenvalue weighted by molar-refractivity contribution is -0.133. The fourth-order valence-corrected chi connectivity index (χ4v) is 3.75. The molecule has 0 saturated carbocycles. The molecule has 0 unspecified atom stereocenters. The molecular formula is C19H26F2N2O2S. The lowest BCUT2D eigenvalue weighted by Gasteiger charge is -2.31. The molecule has 2 amide bonds. The van der Waals surface area contributed by atoms with Gasteiger partial charge in [0, 0.05) is 30.4 Å². The molecule has 144 valence electrons. The largest absolute Gasteiger partial charge is 0.356 e. The van der Waals surface area contributed by atoms with E-state index in [1.807, 2.05) is 0 Å². The summed E-state index contributed by atoms with van der Waals surface area (Å²) in [6, 6.07) is 3.63. The Kier molecular flexibility index (Phi) is 8.35. The molecule has 0 radical (unpaired) electrons. The molecule has 1 aliphatic heterocycles. The van der Waals surface area contributed by atoms with Gasteiger partial charge in [0.15, 0.2) is 11.6 Å². The van der Waals surface area contributed by atoms with Gasteiger partial charge in [0.25, 0.3) is 0 Å². The number of likely N-dealkylation sites (tertiary alicyclic amines) is 1. The summed E-state index contributed by atoms with van der Waals surface area (Å²) in [7, 11) is 0. The van der Waals surface area contributed by atoms with Crippen LogP contribution in [-0.4, -0.2) is 42.1 Å². The highest BCUT2D eigenvalue weighted by atomic mass is 32.2. The van der Waals surface area contributed by atoms with Gasteiger partial charge < -0.3 is 10.2 Å². The number of unbranched alkanes of at least 4 members (excludes halogenated alkanes) is 2. The van der Waals surface area contributed by atoms with Gasteiger partial charge in [-0.1, -0.05) is 19.8 Å². The van der Waals surface area contributed by atoms with Crippen LogP contribution in [0.1, 0.15) is 39.0 Å². The van der Waals surface area contributed by atoms with Crippen LogP contribution in [0.4, 0.5) is 8.78 Å². The molecule has 0 aliphatic carbocycles. The van der Waals surface area contributed by atoms with E-state index in [1.54, 1.807) is 4.90 Å². The molecule has 1 aromatic rings. The Hall–Kier alpha value is -1.63. The van der Waals surface area contributed by atoms with Crippen molar-refractivity contribution in [2.75, 3.05) is 25.4 Å². The molecule has 4 nitrogen and oxygen atoms in total. The number of hydrogen-bond acceptors (Lipinski definition) is 3. The van der Waals surface area contributed by atoms with Gasteiger partial charge in [0.2, 0.25) is 11.8 Å². The number of halogens is 2. The molecule has 1 N–H and O–H groups in total. The van der Waals surface area contributed by atoms with E-state index in [4.69, 9.17) is 0 Å². The molecule has 1 fully saturated rings. The second-order valence-corrected chi connectivity index (χ2v) is 7.57. The molecule has 0 aromatic heterocycles. The maximum absolute atomic E-state index is 13.2. The highest BCUT2D eigenvalue weighted by Crippen LogP contribution is 2.23. The summed E-state index contributed by atoms with van der Waals surface area (Å²) >= 11 is 1.19. The number of piperidine rings is 1. The number of thioether (sulfide) groups is 1.